The van der Waals surface area contributed by atoms with Crippen LogP contribution >= 0.6 is 11.3 Å². The standard InChI is InChI=1S/C11H18N4S.CH2O2/c1-3-11(2)5-4-8-7(6-11)14-10(16-8)15-9(12)13;2-1-3/h3-6H2,1-2H3,(H4,12,13,14,15);1H,(H,2,3)/t11-;/m1./s1. The van der Waals surface area contributed by atoms with E-state index < -0.39 is 0 Å². The van der Waals surface area contributed by atoms with E-state index >= 15 is 0 Å². The first-order chi connectivity index (χ1) is 8.94. The van der Waals surface area contributed by atoms with E-state index in [2.05, 4.69) is 23.8 Å². The second-order valence-corrected chi connectivity index (χ2v) is 5.91. The van der Waals surface area contributed by atoms with Crippen LogP contribution in [0.25, 0.3) is 0 Å². The highest BCUT2D eigenvalue weighted by Gasteiger charge is 2.30. The summed E-state index contributed by atoms with van der Waals surface area (Å²) in [5.41, 5.74) is 12.3. The maximum absolute atomic E-state index is 8.36. The van der Waals surface area contributed by atoms with Crippen molar-refractivity contribution in [2.75, 3.05) is 0 Å². The normalized spacial score (nSPS) is 20.7. The molecular weight excluding hydrogens is 264 g/mol. The quantitative estimate of drug-likeness (QED) is 0.434. The lowest BCUT2D eigenvalue weighted by Gasteiger charge is -2.31. The predicted molar refractivity (Wildman–Crippen MR) is 76.7 cm³/mol. The van der Waals surface area contributed by atoms with Crippen molar-refractivity contribution in [1.82, 2.24) is 4.98 Å². The topological polar surface area (TPSA) is 115 Å². The highest BCUT2D eigenvalue weighted by molar-refractivity contribution is 7.15. The summed E-state index contributed by atoms with van der Waals surface area (Å²) < 4.78 is 0. The van der Waals surface area contributed by atoms with Crippen LogP contribution in [0.15, 0.2) is 4.99 Å². The first-order valence-electron chi connectivity index (χ1n) is 6.10. The molecule has 0 unspecified atom stereocenters. The molecule has 106 valence electrons. The maximum atomic E-state index is 8.36. The largest absolute Gasteiger partial charge is 0.483 e. The monoisotopic (exact) mass is 284 g/mol. The van der Waals surface area contributed by atoms with Gasteiger partial charge in [0.25, 0.3) is 6.47 Å². The SMILES string of the molecule is CC[C@]1(C)CCc2sc(N=C(N)N)nc2C1.O=CO. The Balaban J connectivity index is 0.000000550. The van der Waals surface area contributed by atoms with Gasteiger partial charge in [0.1, 0.15) is 0 Å². The highest BCUT2D eigenvalue weighted by Crippen LogP contribution is 2.41. The Morgan fingerprint density at radius 1 is 1.63 bits per heavy atom. The number of carboxylic acid groups (broad SMARTS) is 1. The number of guanidine groups is 1. The van der Waals surface area contributed by atoms with Gasteiger partial charge < -0.3 is 16.6 Å². The Hall–Kier alpha value is -1.63. The Labute approximate surface area is 116 Å². The van der Waals surface area contributed by atoms with Crippen molar-refractivity contribution < 1.29 is 9.90 Å². The van der Waals surface area contributed by atoms with E-state index in [1.165, 1.54) is 23.4 Å². The molecule has 1 heterocycles. The van der Waals surface area contributed by atoms with Gasteiger partial charge in [-0.2, -0.15) is 4.99 Å². The van der Waals surface area contributed by atoms with Crippen LogP contribution in [0.3, 0.4) is 0 Å². The number of hydrogen-bond donors (Lipinski definition) is 3. The van der Waals surface area contributed by atoms with Crippen molar-refractivity contribution in [3.63, 3.8) is 0 Å². The van der Waals surface area contributed by atoms with Crippen molar-refractivity contribution in [3.8, 4) is 0 Å². The number of carbonyl (C=O) groups is 1. The van der Waals surface area contributed by atoms with Gasteiger partial charge >= 0.3 is 0 Å². The van der Waals surface area contributed by atoms with Gasteiger partial charge in [-0.15, -0.1) is 0 Å². The molecular formula is C12H20N4O2S. The van der Waals surface area contributed by atoms with Crippen LogP contribution in [-0.4, -0.2) is 22.5 Å². The Kier molecular flexibility index (Phi) is 5.29. The average Bonchev–Trinajstić information content (AvgIpc) is 2.70. The van der Waals surface area contributed by atoms with Gasteiger partial charge in [-0.3, -0.25) is 4.79 Å². The molecule has 7 heteroatoms. The molecule has 1 aromatic heterocycles. The predicted octanol–water partition coefficient (Wildman–Crippen LogP) is 1.65. The molecule has 5 N–H and O–H groups in total. The molecule has 0 saturated carbocycles. The Bertz CT molecular complexity index is 468. The van der Waals surface area contributed by atoms with Crippen molar-refractivity contribution in [2.45, 2.75) is 39.5 Å². The lowest BCUT2D eigenvalue weighted by molar-refractivity contribution is -0.122. The van der Waals surface area contributed by atoms with Gasteiger partial charge in [-0.25, -0.2) is 4.98 Å². The summed E-state index contributed by atoms with van der Waals surface area (Å²) in [4.78, 5) is 18.2. The average molecular weight is 284 g/mol. The molecule has 0 fully saturated rings. The van der Waals surface area contributed by atoms with E-state index in [0.717, 1.165) is 12.8 Å². The summed E-state index contributed by atoms with van der Waals surface area (Å²) in [6, 6.07) is 0. The van der Waals surface area contributed by atoms with E-state index in [1.807, 2.05) is 0 Å². The number of aliphatic imine (C=N–C) groups is 1. The number of fused-ring (bicyclic) bond motifs is 1. The van der Waals surface area contributed by atoms with Crippen molar-refractivity contribution in [1.29, 1.82) is 0 Å². The number of nitrogens with two attached hydrogens (primary N) is 2. The van der Waals surface area contributed by atoms with Crippen molar-refractivity contribution in [3.05, 3.63) is 10.6 Å². The lowest BCUT2D eigenvalue weighted by atomic mass is 9.75. The molecule has 0 aromatic carbocycles. The van der Waals surface area contributed by atoms with Gasteiger partial charge in [0.05, 0.1) is 5.69 Å². The Morgan fingerprint density at radius 2 is 2.26 bits per heavy atom. The van der Waals surface area contributed by atoms with Crippen molar-refractivity contribution in [2.24, 2.45) is 21.9 Å². The second kappa shape index (κ2) is 6.51. The molecule has 2 rings (SSSR count). The molecule has 1 aliphatic carbocycles. The second-order valence-electron chi connectivity index (χ2n) is 4.85. The van der Waals surface area contributed by atoms with Gasteiger partial charge in [-0.05, 0) is 24.7 Å². The molecule has 1 atom stereocenters. The van der Waals surface area contributed by atoms with Crippen LogP contribution < -0.4 is 11.5 Å². The fourth-order valence-electron chi connectivity index (χ4n) is 2.07. The van der Waals surface area contributed by atoms with Crippen LogP contribution in [0.4, 0.5) is 5.13 Å². The molecule has 0 radical (unpaired) electrons. The summed E-state index contributed by atoms with van der Waals surface area (Å²) in [6.07, 6.45) is 4.59. The van der Waals surface area contributed by atoms with Gasteiger partial charge in [0.2, 0.25) is 5.13 Å². The minimum absolute atomic E-state index is 0.0874. The summed E-state index contributed by atoms with van der Waals surface area (Å²) in [7, 11) is 0. The first-order valence-corrected chi connectivity index (χ1v) is 6.92. The molecule has 1 aliphatic rings. The summed E-state index contributed by atoms with van der Waals surface area (Å²) in [5.74, 6) is 0.0874. The summed E-state index contributed by atoms with van der Waals surface area (Å²) >= 11 is 1.62. The molecule has 0 bridgehead atoms. The number of rotatable bonds is 2. The smallest absolute Gasteiger partial charge is 0.290 e. The number of nitrogens with zero attached hydrogens (tertiary/aromatic N) is 2. The zero-order valence-electron chi connectivity index (χ0n) is 11.2. The molecule has 0 aliphatic heterocycles. The highest BCUT2D eigenvalue weighted by atomic mass is 32.1. The van der Waals surface area contributed by atoms with Gasteiger partial charge in [0, 0.05) is 4.88 Å². The first kappa shape index (κ1) is 15.4. The summed E-state index contributed by atoms with van der Waals surface area (Å²) in [6.45, 7) is 4.32. The minimum atomic E-state index is -0.250. The fraction of sp³-hybridized carbons (Fsp3) is 0.583. The zero-order chi connectivity index (χ0) is 14.5. The van der Waals surface area contributed by atoms with E-state index in [0.29, 0.717) is 10.5 Å². The molecule has 0 spiro atoms. The zero-order valence-corrected chi connectivity index (χ0v) is 12.0. The molecule has 0 amide bonds. The Morgan fingerprint density at radius 3 is 2.79 bits per heavy atom. The van der Waals surface area contributed by atoms with Crippen LogP contribution in [0.1, 0.15) is 37.3 Å². The number of aryl methyl sites for hydroxylation is 1. The number of thiazole rings is 1. The van der Waals surface area contributed by atoms with E-state index in [9.17, 15) is 0 Å². The summed E-state index contributed by atoms with van der Waals surface area (Å²) in [5, 5.41) is 7.59. The number of aromatic nitrogens is 1. The molecule has 1 aromatic rings. The van der Waals surface area contributed by atoms with Crippen molar-refractivity contribution >= 4 is 28.9 Å². The lowest BCUT2D eigenvalue weighted by Crippen LogP contribution is -2.24. The molecule has 0 saturated heterocycles. The molecule has 6 nitrogen and oxygen atoms in total. The van der Waals surface area contributed by atoms with Crippen LogP contribution in [0.2, 0.25) is 0 Å². The fourth-order valence-corrected chi connectivity index (χ4v) is 3.04. The van der Waals surface area contributed by atoms with E-state index in [1.54, 1.807) is 11.3 Å². The van der Waals surface area contributed by atoms with E-state index in [4.69, 9.17) is 21.4 Å². The van der Waals surface area contributed by atoms with E-state index in [-0.39, 0.29) is 12.4 Å². The van der Waals surface area contributed by atoms with Crippen LogP contribution in [0.5, 0.6) is 0 Å². The number of hydrogen-bond acceptors (Lipinski definition) is 4. The van der Waals surface area contributed by atoms with Crippen LogP contribution in [0, 0.1) is 5.41 Å². The van der Waals surface area contributed by atoms with Gasteiger partial charge in [0.15, 0.2) is 5.96 Å². The maximum Gasteiger partial charge on any atom is 0.290 e. The third kappa shape index (κ3) is 4.20. The molecule has 19 heavy (non-hydrogen) atoms. The third-order valence-corrected chi connectivity index (χ3v) is 4.45. The third-order valence-electron chi connectivity index (χ3n) is 3.40. The van der Waals surface area contributed by atoms with Gasteiger partial charge in [-0.1, -0.05) is 31.6 Å². The minimum Gasteiger partial charge on any atom is -0.483 e. The van der Waals surface area contributed by atoms with Crippen LogP contribution in [-0.2, 0) is 17.6 Å².